The van der Waals surface area contributed by atoms with E-state index in [0.717, 1.165) is 24.3 Å². The zero-order valence-corrected chi connectivity index (χ0v) is 16.9. The lowest BCUT2D eigenvalue weighted by Crippen LogP contribution is -2.38. The van der Waals surface area contributed by atoms with Crippen LogP contribution in [0.3, 0.4) is 0 Å². The Balaban J connectivity index is 1.95. The summed E-state index contributed by atoms with van der Waals surface area (Å²) in [6, 6.07) is 4.97. The lowest BCUT2D eigenvalue weighted by molar-refractivity contribution is -0.385. The predicted octanol–water partition coefficient (Wildman–Crippen LogP) is 4.15. The summed E-state index contributed by atoms with van der Waals surface area (Å²) in [6.45, 7) is 1.48. The minimum atomic E-state index is -4.62. The molecular formula is C21H19F4N3O4. The van der Waals surface area contributed by atoms with Gasteiger partial charge in [0.1, 0.15) is 5.82 Å². The van der Waals surface area contributed by atoms with Crippen LogP contribution >= 0.6 is 0 Å². The Morgan fingerprint density at radius 3 is 2.59 bits per heavy atom. The Kier molecular flexibility index (Phi) is 6.47. The Morgan fingerprint density at radius 1 is 1.28 bits per heavy atom. The van der Waals surface area contributed by atoms with Crippen molar-refractivity contribution >= 4 is 17.5 Å². The monoisotopic (exact) mass is 453 g/mol. The number of amides is 2. The minimum Gasteiger partial charge on any atom is -0.343 e. The zero-order chi connectivity index (χ0) is 23.6. The van der Waals surface area contributed by atoms with Gasteiger partial charge in [-0.15, -0.1) is 0 Å². The number of alkyl halides is 3. The van der Waals surface area contributed by atoms with Crippen LogP contribution < -0.4 is 5.32 Å². The van der Waals surface area contributed by atoms with Gasteiger partial charge in [-0.3, -0.25) is 19.7 Å². The van der Waals surface area contributed by atoms with Crippen LogP contribution in [-0.4, -0.2) is 34.7 Å². The molecule has 1 aliphatic rings. The standard InChI is InChI=1S/C21H19F4N3O4/c1-12-16(22)9-14(10-18(12)28(31)32)20(30)26-17(11-27-7-3-6-19(27)29)13-4-2-5-15(8-13)21(23,24)25/h2,4-5,8-10,17H,3,6-7,11H2,1H3,(H,26,30). The van der Waals surface area contributed by atoms with Crippen LogP contribution in [0, 0.1) is 22.9 Å². The van der Waals surface area contributed by atoms with Gasteiger partial charge in [0, 0.05) is 31.1 Å². The first-order valence-corrected chi connectivity index (χ1v) is 9.67. The van der Waals surface area contributed by atoms with Gasteiger partial charge < -0.3 is 10.2 Å². The van der Waals surface area contributed by atoms with Crippen molar-refractivity contribution < 1.29 is 32.1 Å². The van der Waals surface area contributed by atoms with E-state index in [0.29, 0.717) is 19.4 Å². The number of halogens is 4. The predicted molar refractivity (Wildman–Crippen MR) is 105 cm³/mol. The van der Waals surface area contributed by atoms with Gasteiger partial charge in [-0.05, 0) is 37.1 Å². The second-order valence-corrected chi connectivity index (χ2v) is 7.45. The van der Waals surface area contributed by atoms with Gasteiger partial charge in [0.25, 0.3) is 11.6 Å². The van der Waals surface area contributed by atoms with E-state index >= 15 is 0 Å². The molecule has 0 saturated carbocycles. The van der Waals surface area contributed by atoms with E-state index in [9.17, 15) is 37.3 Å². The van der Waals surface area contributed by atoms with Crippen molar-refractivity contribution in [3.8, 4) is 0 Å². The van der Waals surface area contributed by atoms with Crippen molar-refractivity contribution in [3.05, 3.63) is 74.6 Å². The molecule has 1 aliphatic heterocycles. The third-order valence-corrected chi connectivity index (χ3v) is 5.27. The molecule has 7 nitrogen and oxygen atoms in total. The molecule has 1 saturated heterocycles. The second-order valence-electron chi connectivity index (χ2n) is 7.45. The zero-order valence-electron chi connectivity index (χ0n) is 16.9. The molecule has 1 fully saturated rings. The largest absolute Gasteiger partial charge is 0.416 e. The maximum absolute atomic E-state index is 14.1. The lowest BCUT2D eigenvalue weighted by atomic mass is 10.0. The van der Waals surface area contributed by atoms with E-state index in [4.69, 9.17) is 0 Å². The number of rotatable bonds is 6. The van der Waals surface area contributed by atoms with E-state index < -0.39 is 40.1 Å². The van der Waals surface area contributed by atoms with Crippen molar-refractivity contribution in [2.24, 2.45) is 0 Å². The third kappa shape index (κ3) is 5.04. The number of hydrogen-bond donors (Lipinski definition) is 1. The Labute approximate surface area is 180 Å². The number of nitro benzene ring substituents is 1. The highest BCUT2D eigenvalue weighted by molar-refractivity contribution is 5.95. The van der Waals surface area contributed by atoms with E-state index in [-0.39, 0.29) is 29.1 Å². The highest BCUT2D eigenvalue weighted by Crippen LogP contribution is 2.31. The molecule has 0 aromatic heterocycles. The maximum atomic E-state index is 14.1. The van der Waals surface area contributed by atoms with Crippen LogP contribution in [0.5, 0.6) is 0 Å². The molecule has 2 aromatic carbocycles. The topological polar surface area (TPSA) is 92.6 Å². The molecule has 0 bridgehead atoms. The number of nitrogens with one attached hydrogen (secondary N) is 1. The summed E-state index contributed by atoms with van der Waals surface area (Å²) in [5, 5.41) is 13.6. The van der Waals surface area contributed by atoms with Gasteiger partial charge >= 0.3 is 6.18 Å². The number of likely N-dealkylation sites (tertiary alicyclic amines) is 1. The fourth-order valence-electron chi connectivity index (χ4n) is 3.51. The fraction of sp³-hybridized carbons (Fsp3) is 0.333. The number of nitrogens with zero attached hydrogens (tertiary/aromatic N) is 2. The van der Waals surface area contributed by atoms with Crippen molar-refractivity contribution in [1.29, 1.82) is 0 Å². The number of benzene rings is 2. The fourth-order valence-corrected chi connectivity index (χ4v) is 3.51. The lowest BCUT2D eigenvalue weighted by Gasteiger charge is -2.26. The van der Waals surface area contributed by atoms with Crippen molar-refractivity contribution in [2.45, 2.75) is 32.0 Å². The van der Waals surface area contributed by atoms with Crippen molar-refractivity contribution in [2.75, 3.05) is 13.1 Å². The minimum absolute atomic E-state index is 0.0926. The van der Waals surface area contributed by atoms with Crippen LogP contribution in [0.1, 0.15) is 45.9 Å². The summed E-state index contributed by atoms with van der Waals surface area (Å²) in [7, 11) is 0. The van der Waals surface area contributed by atoms with E-state index in [2.05, 4.69) is 5.32 Å². The third-order valence-electron chi connectivity index (χ3n) is 5.27. The van der Waals surface area contributed by atoms with Gasteiger partial charge in [-0.25, -0.2) is 4.39 Å². The maximum Gasteiger partial charge on any atom is 0.416 e. The summed E-state index contributed by atoms with van der Waals surface area (Å²) in [6.07, 6.45) is -3.75. The van der Waals surface area contributed by atoms with Gasteiger partial charge in [0.15, 0.2) is 0 Å². The van der Waals surface area contributed by atoms with Crippen LogP contribution in [-0.2, 0) is 11.0 Å². The van der Waals surface area contributed by atoms with E-state index in [1.807, 2.05) is 0 Å². The molecular weight excluding hydrogens is 434 g/mol. The molecule has 170 valence electrons. The van der Waals surface area contributed by atoms with Crippen LogP contribution in [0.25, 0.3) is 0 Å². The number of carbonyl (C=O) groups is 2. The molecule has 0 spiro atoms. The molecule has 11 heteroatoms. The van der Waals surface area contributed by atoms with Gasteiger partial charge in [0.2, 0.25) is 5.91 Å². The molecule has 1 atom stereocenters. The molecule has 1 heterocycles. The molecule has 1 unspecified atom stereocenters. The molecule has 32 heavy (non-hydrogen) atoms. The highest BCUT2D eigenvalue weighted by Gasteiger charge is 2.32. The Morgan fingerprint density at radius 2 is 2.00 bits per heavy atom. The smallest absolute Gasteiger partial charge is 0.343 e. The number of carbonyl (C=O) groups excluding carboxylic acids is 2. The molecule has 2 amide bonds. The first-order valence-electron chi connectivity index (χ1n) is 9.67. The quantitative estimate of drug-likeness (QED) is 0.404. The van der Waals surface area contributed by atoms with Crippen LogP contribution in [0.2, 0.25) is 0 Å². The summed E-state index contributed by atoms with van der Waals surface area (Å²) >= 11 is 0. The van der Waals surface area contributed by atoms with Gasteiger partial charge in [-0.1, -0.05) is 12.1 Å². The molecule has 2 aromatic rings. The summed E-state index contributed by atoms with van der Waals surface area (Å²) in [5.74, 6) is -2.08. The summed E-state index contributed by atoms with van der Waals surface area (Å²) < 4.78 is 53.6. The first kappa shape index (κ1) is 23.2. The first-order chi connectivity index (χ1) is 15.0. The Bertz CT molecular complexity index is 1070. The highest BCUT2D eigenvalue weighted by atomic mass is 19.4. The number of nitro groups is 1. The van der Waals surface area contributed by atoms with Crippen LogP contribution in [0.15, 0.2) is 36.4 Å². The van der Waals surface area contributed by atoms with Gasteiger partial charge in [0.05, 0.1) is 22.1 Å². The van der Waals surface area contributed by atoms with E-state index in [1.165, 1.54) is 24.0 Å². The number of hydrogen-bond acceptors (Lipinski definition) is 4. The van der Waals surface area contributed by atoms with Crippen LogP contribution in [0.4, 0.5) is 23.2 Å². The van der Waals surface area contributed by atoms with E-state index in [1.54, 1.807) is 0 Å². The van der Waals surface area contributed by atoms with Gasteiger partial charge in [-0.2, -0.15) is 13.2 Å². The summed E-state index contributed by atoms with van der Waals surface area (Å²) in [4.78, 5) is 36.5. The van der Waals surface area contributed by atoms with Crippen molar-refractivity contribution in [1.82, 2.24) is 10.2 Å². The molecule has 0 aliphatic carbocycles. The molecule has 1 N–H and O–H groups in total. The Hall–Kier alpha value is -3.50. The SMILES string of the molecule is Cc1c(F)cc(C(=O)NC(CN2CCCC2=O)c2cccc(C(F)(F)F)c2)cc1[N+](=O)[O-]. The normalized spacial score (nSPS) is 15.0. The average Bonchev–Trinajstić information content (AvgIpc) is 3.13. The second kappa shape index (κ2) is 8.93. The summed E-state index contributed by atoms with van der Waals surface area (Å²) in [5.41, 5.74) is -2.04. The average molecular weight is 453 g/mol. The molecule has 0 radical (unpaired) electrons. The molecule has 3 rings (SSSR count). The van der Waals surface area contributed by atoms with Crippen molar-refractivity contribution in [3.63, 3.8) is 0 Å².